The molecule has 0 aromatic heterocycles. The number of allylic oxidation sites excluding steroid dienone is 2. The van der Waals surface area contributed by atoms with E-state index in [1.165, 1.54) is 64.3 Å². The maximum atomic E-state index is 14.6. The minimum atomic E-state index is -2.03. The van der Waals surface area contributed by atoms with Crippen molar-refractivity contribution in [2.24, 2.45) is 23.7 Å². The average Bonchev–Trinajstić information content (AvgIpc) is 3.47. The fourth-order valence-corrected chi connectivity index (χ4v) is 7.82. The number of nitrogens with one attached hydrogen (secondary N) is 1. The van der Waals surface area contributed by atoms with Crippen molar-refractivity contribution in [1.29, 1.82) is 0 Å². The second kappa shape index (κ2) is 20.1. The Labute approximate surface area is 357 Å². The average molecular weight is 854 g/mol. The Hall–Kier alpha value is -5.16. The molecule has 9 atom stereocenters. The van der Waals surface area contributed by atoms with Crippen molar-refractivity contribution in [2.45, 2.75) is 105 Å². The molecule has 5 rings (SSSR count). The summed E-state index contributed by atoms with van der Waals surface area (Å²) in [6, 6.07) is 1.27. The highest BCUT2D eigenvalue weighted by atomic mass is 16.7. The van der Waals surface area contributed by atoms with E-state index in [0.717, 1.165) is 12.8 Å². The number of benzene rings is 2. The number of hydrogen-bond acceptors (Lipinski definition) is 14. The molecule has 336 valence electrons. The molecule has 0 spiro atoms. The normalized spacial score (nSPS) is 27.4. The van der Waals surface area contributed by atoms with Gasteiger partial charge in [0.1, 0.15) is 23.4 Å². The van der Waals surface area contributed by atoms with Crippen LogP contribution in [-0.4, -0.2) is 119 Å². The number of carbonyl (C=O) groups excluding carboxylic acids is 4. The SMILES string of the molecule is CCCCN(C(=O)COc1cc2c(O)c3c(O)c(C)c4c(c13)C(=O)C(C)(OC=CC(OC)C(C)C(OC(C)=O)C(C)C(O)C(C)C(O)C(C)C=CC=C(C)C(=O)N2)O4)N(C)C. The van der Waals surface area contributed by atoms with Crippen LogP contribution in [0.5, 0.6) is 23.0 Å². The standard InChI is InChI=1S/C45H63N3O13/c1-13-14-19-48(47(10)11)33(50)22-58-32-21-30-40(54)35-34(32)36-42(28(7)39(35)53)61-45(9,43(36)55)59-20-18-31(57-12)25(4)41(60-29(8)49)27(6)38(52)26(5)37(51)23(2)16-15-17-24(3)44(56)46-30/h15-18,20-21,23,25-27,31,37-38,41,51-54H,13-14,19,22H2,1-12H3,(H,46,56). The third kappa shape index (κ3) is 10.3. The molecule has 5 bridgehead atoms. The van der Waals surface area contributed by atoms with Crippen LogP contribution in [0.2, 0.25) is 0 Å². The van der Waals surface area contributed by atoms with Crippen molar-refractivity contribution >= 4 is 40.0 Å². The number of anilines is 1. The van der Waals surface area contributed by atoms with Gasteiger partial charge in [-0.2, -0.15) is 0 Å². The molecule has 2 aromatic rings. The van der Waals surface area contributed by atoms with E-state index in [9.17, 15) is 39.6 Å². The van der Waals surface area contributed by atoms with E-state index < -0.39 is 95.5 Å². The molecule has 0 radical (unpaired) electrons. The quantitative estimate of drug-likeness (QED) is 0.119. The number of hydrogen-bond donors (Lipinski definition) is 5. The van der Waals surface area contributed by atoms with E-state index in [4.69, 9.17) is 23.7 Å². The van der Waals surface area contributed by atoms with Gasteiger partial charge in [0, 0.05) is 87.9 Å². The Morgan fingerprint density at radius 2 is 1.64 bits per heavy atom. The zero-order valence-electron chi connectivity index (χ0n) is 37.3. The summed E-state index contributed by atoms with van der Waals surface area (Å²) in [7, 11) is 4.88. The topological polar surface area (TPSA) is 214 Å². The smallest absolute Gasteiger partial charge is 0.312 e. The van der Waals surface area contributed by atoms with Crippen molar-refractivity contribution in [2.75, 3.05) is 39.7 Å². The maximum Gasteiger partial charge on any atom is 0.312 e. The van der Waals surface area contributed by atoms with Crippen LogP contribution in [-0.2, 0) is 28.6 Å². The second-order valence-electron chi connectivity index (χ2n) is 16.4. The van der Waals surface area contributed by atoms with Crippen LogP contribution in [0.3, 0.4) is 0 Å². The number of hydrazine groups is 1. The maximum absolute atomic E-state index is 14.6. The molecule has 5 N–H and O–H groups in total. The summed E-state index contributed by atoms with van der Waals surface area (Å²) in [5, 5.41) is 51.7. The van der Waals surface area contributed by atoms with E-state index in [1.54, 1.807) is 59.0 Å². The van der Waals surface area contributed by atoms with Crippen molar-refractivity contribution in [3.05, 3.63) is 53.3 Å². The van der Waals surface area contributed by atoms with Crippen LogP contribution >= 0.6 is 0 Å². The number of phenolic OH excluding ortho intramolecular Hbond substituents is 2. The highest BCUT2D eigenvalue weighted by molar-refractivity contribution is 6.21. The molecule has 0 aliphatic carbocycles. The molecule has 0 fully saturated rings. The summed E-state index contributed by atoms with van der Waals surface area (Å²) < 4.78 is 29.9. The largest absolute Gasteiger partial charge is 0.507 e. The summed E-state index contributed by atoms with van der Waals surface area (Å²) in [4.78, 5) is 54.1. The Kier molecular flexibility index (Phi) is 16.0. The number of aliphatic hydroxyl groups is 2. The lowest BCUT2D eigenvalue weighted by Crippen LogP contribution is -2.46. The third-order valence-electron chi connectivity index (χ3n) is 11.7. The van der Waals surface area contributed by atoms with Crippen LogP contribution in [0.1, 0.15) is 84.2 Å². The third-order valence-corrected chi connectivity index (χ3v) is 11.7. The van der Waals surface area contributed by atoms with Crippen LogP contribution in [0.4, 0.5) is 5.69 Å². The number of fused-ring (bicyclic) bond motifs is 14. The molecule has 2 amide bonds. The molecule has 0 saturated carbocycles. The molecule has 3 aliphatic heterocycles. The van der Waals surface area contributed by atoms with Gasteiger partial charge < -0.3 is 49.4 Å². The number of ketones is 1. The number of unbranched alkanes of at least 4 members (excludes halogenated alkanes) is 1. The van der Waals surface area contributed by atoms with E-state index in [1.807, 2.05) is 6.92 Å². The Bertz CT molecular complexity index is 2060. The summed E-state index contributed by atoms with van der Waals surface area (Å²) in [6.45, 7) is 14.5. The van der Waals surface area contributed by atoms with E-state index >= 15 is 0 Å². The predicted octanol–water partition coefficient (Wildman–Crippen LogP) is 5.53. The van der Waals surface area contributed by atoms with Gasteiger partial charge in [0.05, 0.1) is 41.2 Å². The van der Waals surface area contributed by atoms with Crippen LogP contribution in [0.15, 0.2) is 42.2 Å². The van der Waals surface area contributed by atoms with Gasteiger partial charge >= 0.3 is 11.8 Å². The number of amides is 2. The Morgan fingerprint density at radius 1 is 0.967 bits per heavy atom. The van der Waals surface area contributed by atoms with Gasteiger partial charge in [-0.05, 0) is 26.3 Å². The van der Waals surface area contributed by atoms with Crippen LogP contribution < -0.4 is 14.8 Å². The summed E-state index contributed by atoms with van der Waals surface area (Å²) in [5.41, 5.74) is -0.0304. The van der Waals surface area contributed by atoms with Gasteiger partial charge in [-0.25, -0.2) is 5.01 Å². The molecular formula is C45H63N3O13. The zero-order chi connectivity index (χ0) is 45.7. The highest BCUT2D eigenvalue weighted by Gasteiger charge is 2.50. The number of nitrogens with zero attached hydrogens (tertiary/aromatic N) is 2. The molecule has 16 heteroatoms. The number of methoxy groups -OCH3 is 1. The van der Waals surface area contributed by atoms with Gasteiger partial charge in [-0.3, -0.25) is 24.2 Å². The Balaban J connectivity index is 1.94. The number of carbonyl (C=O) groups is 4. The van der Waals surface area contributed by atoms with Gasteiger partial charge in [0.25, 0.3) is 17.6 Å². The van der Waals surface area contributed by atoms with Gasteiger partial charge in [0.15, 0.2) is 12.4 Å². The van der Waals surface area contributed by atoms with Gasteiger partial charge in [-0.15, -0.1) is 0 Å². The zero-order valence-corrected chi connectivity index (χ0v) is 37.3. The summed E-state index contributed by atoms with van der Waals surface area (Å²) in [6.07, 6.45) is 5.14. The molecule has 2 aromatic carbocycles. The summed E-state index contributed by atoms with van der Waals surface area (Å²) >= 11 is 0. The predicted molar refractivity (Wildman–Crippen MR) is 228 cm³/mol. The number of aliphatic hydroxyl groups excluding tert-OH is 2. The summed E-state index contributed by atoms with van der Waals surface area (Å²) in [5.74, 6) is -8.13. The fourth-order valence-electron chi connectivity index (χ4n) is 7.82. The molecule has 3 aliphatic rings. The molecular weight excluding hydrogens is 791 g/mol. The lowest BCUT2D eigenvalue weighted by Gasteiger charge is -2.38. The lowest BCUT2D eigenvalue weighted by atomic mass is 9.78. The minimum absolute atomic E-state index is 0.0628. The molecule has 61 heavy (non-hydrogen) atoms. The van der Waals surface area contributed by atoms with Crippen molar-refractivity contribution in [3.8, 4) is 23.0 Å². The van der Waals surface area contributed by atoms with E-state index in [0.29, 0.717) is 6.54 Å². The van der Waals surface area contributed by atoms with Crippen LogP contribution in [0.25, 0.3) is 10.8 Å². The fraction of sp³-hybridized carbons (Fsp3) is 0.556. The van der Waals surface area contributed by atoms with Gasteiger partial charge in [-0.1, -0.05) is 59.3 Å². The van der Waals surface area contributed by atoms with Crippen molar-refractivity contribution in [3.63, 3.8) is 0 Å². The van der Waals surface area contributed by atoms with E-state index in [-0.39, 0.29) is 44.7 Å². The van der Waals surface area contributed by atoms with Crippen LogP contribution in [0, 0.1) is 30.6 Å². The first-order chi connectivity index (χ1) is 28.6. The van der Waals surface area contributed by atoms with Crippen molar-refractivity contribution < 1.29 is 63.3 Å². The minimum Gasteiger partial charge on any atom is -0.507 e. The lowest BCUT2D eigenvalue weighted by molar-refractivity contribution is -0.160. The van der Waals surface area contributed by atoms with Crippen molar-refractivity contribution in [1.82, 2.24) is 10.0 Å². The van der Waals surface area contributed by atoms with Gasteiger partial charge in [0.2, 0.25) is 0 Å². The Morgan fingerprint density at radius 3 is 2.25 bits per heavy atom. The number of phenols is 2. The molecule has 0 saturated heterocycles. The molecule has 16 nitrogen and oxygen atoms in total. The number of Topliss-reactive ketones (excluding diaryl/α,β-unsaturated/α-hetero) is 1. The first kappa shape index (κ1) is 48.5. The number of aromatic hydroxyl groups is 2. The number of esters is 1. The number of ether oxygens (including phenoxy) is 5. The monoisotopic (exact) mass is 853 g/mol. The second-order valence-corrected chi connectivity index (χ2v) is 16.4. The number of rotatable bonds is 9. The molecule has 3 heterocycles. The first-order valence-corrected chi connectivity index (χ1v) is 20.6. The highest BCUT2D eigenvalue weighted by Crippen LogP contribution is 2.54. The first-order valence-electron chi connectivity index (χ1n) is 20.6. The molecule has 9 unspecified atom stereocenters. The van der Waals surface area contributed by atoms with E-state index in [2.05, 4.69) is 5.32 Å².